The van der Waals surface area contributed by atoms with Gasteiger partial charge in [0.15, 0.2) is 11.6 Å². The zero-order valence-electron chi connectivity index (χ0n) is 15.6. The first-order chi connectivity index (χ1) is 13.6. The smallest absolute Gasteiger partial charge is 0.320 e. The molecule has 2 amide bonds. The summed E-state index contributed by atoms with van der Waals surface area (Å²) in [4.78, 5) is 16.7. The summed E-state index contributed by atoms with van der Waals surface area (Å²) in [7, 11) is 0. The number of nitrogens with zero attached hydrogens (tertiary/aromatic N) is 3. The van der Waals surface area contributed by atoms with Crippen molar-refractivity contribution < 1.29 is 13.9 Å². The molecule has 150 valence electrons. The van der Waals surface area contributed by atoms with E-state index in [9.17, 15) is 9.18 Å². The summed E-state index contributed by atoms with van der Waals surface area (Å²) < 4.78 is 19.4. The van der Waals surface area contributed by atoms with Crippen LogP contribution in [0.3, 0.4) is 0 Å². The summed E-state index contributed by atoms with van der Waals surface area (Å²) in [6.07, 6.45) is 4.44. The molecular formula is C20H24ClFN4O2. The Morgan fingerprint density at radius 1 is 1.21 bits per heavy atom. The van der Waals surface area contributed by atoms with Crippen molar-refractivity contribution in [2.24, 2.45) is 5.92 Å². The number of likely N-dealkylation sites (tertiary alicyclic amines) is 2. The van der Waals surface area contributed by atoms with Crippen LogP contribution < -0.4 is 4.74 Å². The number of ether oxygens (including phenoxy) is 1. The fourth-order valence-corrected chi connectivity index (χ4v) is 4.13. The Morgan fingerprint density at radius 2 is 2.00 bits per heavy atom. The van der Waals surface area contributed by atoms with Crippen molar-refractivity contribution in [3.63, 3.8) is 0 Å². The van der Waals surface area contributed by atoms with Crippen molar-refractivity contribution in [3.05, 3.63) is 47.0 Å². The fraction of sp³-hybridized carbons (Fsp3) is 0.500. The Labute approximate surface area is 168 Å². The van der Waals surface area contributed by atoms with Gasteiger partial charge in [-0.1, -0.05) is 11.6 Å². The fourth-order valence-electron chi connectivity index (χ4n) is 3.97. The van der Waals surface area contributed by atoms with E-state index < -0.39 is 5.82 Å². The lowest BCUT2D eigenvalue weighted by Gasteiger charge is -2.34. The van der Waals surface area contributed by atoms with Gasteiger partial charge in [-0.3, -0.25) is 5.10 Å². The molecule has 0 saturated carbocycles. The Hall–Kier alpha value is -2.28. The molecule has 2 saturated heterocycles. The van der Waals surface area contributed by atoms with Crippen LogP contribution in [-0.2, 0) is 0 Å². The summed E-state index contributed by atoms with van der Waals surface area (Å²) >= 11 is 5.76. The van der Waals surface area contributed by atoms with Gasteiger partial charge in [-0.2, -0.15) is 5.10 Å². The van der Waals surface area contributed by atoms with Crippen LogP contribution in [0.15, 0.2) is 30.5 Å². The highest BCUT2D eigenvalue weighted by molar-refractivity contribution is 6.30. The van der Waals surface area contributed by atoms with Gasteiger partial charge in [0.1, 0.15) is 0 Å². The highest BCUT2D eigenvalue weighted by atomic mass is 35.5. The second kappa shape index (κ2) is 8.39. The van der Waals surface area contributed by atoms with Crippen molar-refractivity contribution in [1.82, 2.24) is 20.0 Å². The number of nitrogens with one attached hydrogen (secondary N) is 1. The van der Waals surface area contributed by atoms with Gasteiger partial charge in [0.25, 0.3) is 0 Å². The molecule has 2 aliphatic rings. The predicted molar refractivity (Wildman–Crippen MR) is 104 cm³/mol. The van der Waals surface area contributed by atoms with Crippen LogP contribution in [0.5, 0.6) is 5.75 Å². The normalized spacial score (nSPS) is 20.6. The number of piperidine rings is 1. The molecule has 1 aromatic heterocycles. The number of rotatable bonds is 4. The molecule has 0 spiro atoms. The molecule has 28 heavy (non-hydrogen) atoms. The lowest BCUT2D eigenvalue weighted by Crippen LogP contribution is -2.46. The Morgan fingerprint density at radius 3 is 2.71 bits per heavy atom. The van der Waals surface area contributed by atoms with Gasteiger partial charge in [0.05, 0.1) is 6.61 Å². The number of benzene rings is 1. The molecule has 8 heteroatoms. The third kappa shape index (κ3) is 4.24. The molecule has 1 unspecified atom stereocenters. The minimum absolute atomic E-state index is 0.116. The average Bonchev–Trinajstić information content (AvgIpc) is 3.39. The lowest BCUT2D eigenvalue weighted by atomic mass is 9.98. The number of aromatic nitrogens is 2. The number of carbonyl (C=O) groups is 1. The van der Waals surface area contributed by atoms with Crippen LogP contribution in [0.1, 0.15) is 30.9 Å². The van der Waals surface area contributed by atoms with Gasteiger partial charge in [-0.15, -0.1) is 0 Å². The van der Waals surface area contributed by atoms with Crippen LogP contribution in [0, 0.1) is 11.7 Å². The first-order valence-corrected chi connectivity index (χ1v) is 10.1. The topological polar surface area (TPSA) is 61.5 Å². The molecule has 2 aliphatic heterocycles. The maximum absolute atomic E-state index is 13.8. The van der Waals surface area contributed by atoms with Crippen molar-refractivity contribution >= 4 is 17.6 Å². The SMILES string of the molecule is O=C(N1CCC(COc2ccc(Cl)cc2F)CC1)N1CCC(c2ccn[nH]2)C1. The second-order valence-electron chi connectivity index (χ2n) is 7.54. The molecule has 2 fully saturated rings. The van der Waals surface area contributed by atoms with Crippen molar-refractivity contribution in [3.8, 4) is 5.75 Å². The molecule has 0 bridgehead atoms. The van der Waals surface area contributed by atoms with Crippen LogP contribution in [0.2, 0.25) is 5.02 Å². The number of aromatic amines is 1. The van der Waals surface area contributed by atoms with Crippen LogP contribution in [0.4, 0.5) is 9.18 Å². The quantitative estimate of drug-likeness (QED) is 0.837. The summed E-state index contributed by atoms with van der Waals surface area (Å²) in [5.74, 6) is 0.438. The molecule has 0 radical (unpaired) electrons. The van der Waals surface area contributed by atoms with Gasteiger partial charge in [0, 0.05) is 49.0 Å². The molecule has 6 nitrogen and oxygen atoms in total. The van der Waals surface area contributed by atoms with E-state index in [1.165, 1.54) is 6.07 Å². The van der Waals surface area contributed by atoms with E-state index in [1.54, 1.807) is 18.3 Å². The Bertz CT molecular complexity index is 809. The minimum Gasteiger partial charge on any atom is -0.490 e. The maximum Gasteiger partial charge on any atom is 0.320 e. The zero-order chi connectivity index (χ0) is 19.5. The van der Waals surface area contributed by atoms with Crippen molar-refractivity contribution in [1.29, 1.82) is 0 Å². The molecule has 3 heterocycles. The van der Waals surface area contributed by atoms with Crippen molar-refractivity contribution in [2.45, 2.75) is 25.2 Å². The average molecular weight is 407 g/mol. The maximum atomic E-state index is 13.8. The number of hydrogen-bond acceptors (Lipinski definition) is 3. The highest BCUT2D eigenvalue weighted by Crippen LogP contribution is 2.28. The molecule has 4 rings (SSSR count). The van der Waals surface area contributed by atoms with E-state index in [1.807, 2.05) is 15.9 Å². The summed E-state index contributed by atoms with van der Waals surface area (Å²) in [5, 5.41) is 7.37. The summed E-state index contributed by atoms with van der Waals surface area (Å²) in [6.45, 7) is 3.38. The van der Waals surface area contributed by atoms with Crippen LogP contribution in [0.25, 0.3) is 0 Å². The van der Waals surface area contributed by atoms with E-state index in [-0.39, 0.29) is 11.8 Å². The molecule has 1 aromatic carbocycles. The van der Waals surface area contributed by atoms with Gasteiger partial charge < -0.3 is 14.5 Å². The molecule has 1 atom stereocenters. The molecule has 1 N–H and O–H groups in total. The highest BCUT2D eigenvalue weighted by Gasteiger charge is 2.32. The monoisotopic (exact) mass is 406 g/mol. The Balaban J connectivity index is 1.23. The van der Waals surface area contributed by atoms with Crippen LogP contribution in [-0.4, -0.2) is 58.8 Å². The zero-order valence-corrected chi connectivity index (χ0v) is 16.4. The third-order valence-electron chi connectivity index (χ3n) is 5.67. The molecular weight excluding hydrogens is 383 g/mol. The number of hydrogen-bond donors (Lipinski definition) is 1. The van der Waals surface area contributed by atoms with Gasteiger partial charge in [-0.05, 0) is 49.4 Å². The third-order valence-corrected chi connectivity index (χ3v) is 5.91. The van der Waals surface area contributed by atoms with Gasteiger partial charge in [-0.25, -0.2) is 9.18 Å². The summed E-state index contributed by atoms with van der Waals surface area (Å²) in [5.41, 5.74) is 1.10. The standard InChI is InChI=1S/C20H24ClFN4O2/c21-16-1-2-19(17(22)11-16)28-13-14-4-8-25(9-5-14)20(27)26-10-6-15(12-26)18-3-7-23-24-18/h1-3,7,11,14-15H,4-6,8-10,12-13H2,(H,23,24). The van der Waals surface area contributed by atoms with Gasteiger partial charge in [0.2, 0.25) is 0 Å². The first-order valence-electron chi connectivity index (χ1n) is 9.71. The Kier molecular flexibility index (Phi) is 5.71. The number of H-pyrrole nitrogens is 1. The largest absolute Gasteiger partial charge is 0.490 e. The van der Waals surface area contributed by atoms with E-state index in [2.05, 4.69) is 10.2 Å². The van der Waals surface area contributed by atoms with Crippen molar-refractivity contribution in [2.75, 3.05) is 32.8 Å². The number of amides is 2. The van der Waals surface area contributed by atoms with E-state index in [4.69, 9.17) is 16.3 Å². The van der Waals surface area contributed by atoms with E-state index in [0.717, 1.165) is 38.0 Å². The molecule has 2 aromatic rings. The lowest BCUT2D eigenvalue weighted by molar-refractivity contribution is 0.123. The molecule has 0 aliphatic carbocycles. The minimum atomic E-state index is -0.444. The first kappa shape index (κ1) is 19.1. The number of carbonyl (C=O) groups excluding carboxylic acids is 1. The number of urea groups is 1. The van der Waals surface area contributed by atoms with E-state index in [0.29, 0.717) is 36.6 Å². The van der Waals surface area contributed by atoms with Crippen LogP contribution >= 0.6 is 11.6 Å². The predicted octanol–water partition coefficient (Wildman–Crippen LogP) is 3.90. The second-order valence-corrected chi connectivity index (χ2v) is 7.98. The summed E-state index contributed by atoms with van der Waals surface area (Å²) in [6, 6.07) is 6.52. The number of halogens is 2. The van der Waals surface area contributed by atoms with E-state index >= 15 is 0 Å². The van der Waals surface area contributed by atoms with Gasteiger partial charge >= 0.3 is 6.03 Å².